The second kappa shape index (κ2) is 5.10. The maximum atomic E-state index is 5.55. The Morgan fingerprint density at radius 2 is 1.95 bits per heavy atom. The predicted octanol–water partition coefficient (Wildman–Crippen LogP) is 4.96. The van der Waals surface area contributed by atoms with Crippen LogP contribution in [0.3, 0.4) is 0 Å². The van der Waals surface area contributed by atoms with Crippen molar-refractivity contribution in [3.05, 3.63) is 59.0 Å². The Kier molecular flexibility index (Phi) is 3.08. The zero-order valence-corrected chi connectivity index (χ0v) is 13.4. The minimum atomic E-state index is 0.750. The Morgan fingerprint density at radius 3 is 2.82 bits per heavy atom. The Bertz CT molecular complexity index is 971. The van der Waals surface area contributed by atoms with Crippen LogP contribution in [0, 0.1) is 6.92 Å². The molecule has 0 aliphatic rings. The number of aromatic amines is 1. The molecule has 0 radical (unpaired) electrons. The summed E-state index contributed by atoms with van der Waals surface area (Å²) in [4.78, 5) is 7.54. The van der Waals surface area contributed by atoms with Gasteiger partial charge in [-0.3, -0.25) is 0 Å². The van der Waals surface area contributed by atoms with Gasteiger partial charge in [0.2, 0.25) is 0 Å². The van der Waals surface area contributed by atoms with E-state index in [1.165, 1.54) is 5.56 Å². The second-order valence-corrected chi connectivity index (χ2v) is 6.05. The highest BCUT2D eigenvalue weighted by atomic mass is 79.9. The first-order chi connectivity index (χ1) is 10.7. The molecule has 1 N–H and O–H groups in total. The topological polar surface area (TPSA) is 54.7 Å². The van der Waals surface area contributed by atoms with Crippen molar-refractivity contribution in [2.45, 2.75) is 6.92 Å². The van der Waals surface area contributed by atoms with Crippen molar-refractivity contribution in [1.82, 2.24) is 15.1 Å². The number of pyridine rings is 1. The van der Waals surface area contributed by atoms with Gasteiger partial charge in [-0.15, -0.1) is 0 Å². The summed E-state index contributed by atoms with van der Waals surface area (Å²) >= 11 is 3.47. The number of aromatic nitrogens is 3. The lowest BCUT2D eigenvalue weighted by Crippen LogP contribution is -1.83. The Labute approximate surface area is 135 Å². The van der Waals surface area contributed by atoms with Crippen LogP contribution < -0.4 is 0 Å². The van der Waals surface area contributed by atoms with Crippen molar-refractivity contribution in [3.63, 3.8) is 0 Å². The maximum absolute atomic E-state index is 5.55. The molecular formula is C17H12BrN3O. The highest BCUT2D eigenvalue weighted by molar-refractivity contribution is 9.10. The van der Waals surface area contributed by atoms with Gasteiger partial charge in [0.1, 0.15) is 5.65 Å². The van der Waals surface area contributed by atoms with Crippen molar-refractivity contribution in [1.29, 1.82) is 0 Å². The van der Waals surface area contributed by atoms with Crippen LogP contribution in [-0.4, -0.2) is 15.1 Å². The van der Waals surface area contributed by atoms with Crippen LogP contribution in [0.25, 0.3) is 33.5 Å². The SMILES string of the molecule is Cc1ccccc1-c1cnoc1-c1c[nH]c2ncc(Br)cc12. The predicted molar refractivity (Wildman–Crippen MR) is 89.5 cm³/mol. The van der Waals surface area contributed by atoms with Crippen LogP contribution in [-0.2, 0) is 0 Å². The number of rotatable bonds is 2. The summed E-state index contributed by atoms with van der Waals surface area (Å²) in [6.45, 7) is 2.08. The van der Waals surface area contributed by atoms with Crippen LogP contribution in [0.15, 0.2) is 57.9 Å². The highest BCUT2D eigenvalue weighted by Crippen LogP contribution is 2.37. The van der Waals surface area contributed by atoms with Gasteiger partial charge in [-0.25, -0.2) is 4.98 Å². The molecule has 3 heterocycles. The van der Waals surface area contributed by atoms with Crippen LogP contribution >= 0.6 is 15.9 Å². The highest BCUT2D eigenvalue weighted by Gasteiger charge is 2.18. The minimum Gasteiger partial charge on any atom is -0.356 e. The fourth-order valence-electron chi connectivity index (χ4n) is 2.67. The number of hydrogen-bond acceptors (Lipinski definition) is 3. The first kappa shape index (κ1) is 13.3. The number of fused-ring (bicyclic) bond motifs is 1. The second-order valence-electron chi connectivity index (χ2n) is 5.14. The van der Waals surface area contributed by atoms with Gasteiger partial charge in [0.05, 0.1) is 6.20 Å². The molecule has 0 spiro atoms. The smallest absolute Gasteiger partial charge is 0.176 e. The summed E-state index contributed by atoms with van der Waals surface area (Å²) in [5, 5.41) is 5.00. The molecule has 3 aromatic heterocycles. The van der Waals surface area contributed by atoms with E-state index in [2.05, 4.69) is 50.1 Å². The average molecular weight is 354 g/mol. The molecule has 0 aliphatic carbocycles. The molecule has 5 heteroatoms. The van der Waals surface area contributed by atoms with Gasteiger partial charge >= 0.3 is 0 Å². The van der Waals surface area contributed by atoms with Crippen LogP contribution in [0.5, 0.6) is 0 Å². The first-order valence-corrected chi connectivity index (χ1v) is 7.67. The van der Waals surface area contributed by atoms with Crippen molar-refractivity contribution in [2.75, 3.05) is 0 Å². The van der Waals surface area contributed by atoms with E-state index in [-0.39, 0.29) is 0 Å². The fraction of sp³-hybridized carbons (Fsp3) is 0.0588. The van der Waals surface area contributed by atoms with Crippen LogP contribution in [0.4, 0.5) is 0 Å². The molecule has 0 unspecified atom stereocenters. The summed E-state index contributed by atoms with van der Waals surface area (Å²) in [5.41, 5.74) is 5.08. The van der Waals surface area contributed by atoms with E-state index in [1.807, 2.05) is 24.4 Å². The molecule has 0 bridgehead atoms. The Hall–Kier alpha value is -2.40. The first-order valence-electron chi connectivity index (χ1n) is 6.88. The van der Waals surface area contributed by atoms with Gasteiger partial charge in [0.15, 0.2) is 5.76 Å². The van der Waals surface area contributed by atoms with Crippen molar-refractivity contribution < 1.29 is 4.52 Å². The fourth-order valence-corrected chi connectivity index (χ4v) is 3.00. The number of nitrogens with zero attached hydrogens (tertiary/aromatic N) is 2. The molecule has 0 atom stereocenters. The largest absolute Gasteiger partial charge is 0.356 e. The van der Waals surface area contributed by atoms with E-state index >= 15 is 0 Å². The summed E-state index contributed by atoms with van der Waals surface area (Å²) in [6, 6.07) is 10.2. The summed E-state index contributed by atoms with van der Waals surface area (Å²) in [6.07, 6.45) is 5.44. The molecule has 4 rings (SSSR count). The summed E-state index contributed by atoms with van der Waals surface area (Å²) < 4.78 is 6.48. The van der Waals surface area contributed by atoms with Crippen molar-refractivity contribution in [2.24, 2.45) is 0 Å². The number of nitrogens with one attached hydrogen (secondary N) is 1. The van der Waals surface area contributed by atoms with E-state index in [0.29, 0.717) is 0 Å². The number of benzene rings is 1. The Morgan fingerprint density at radius 1 is 1.09 bits per heavy atom. The third-order valence-electron chi connectivity index (χ3n) is 3.75. The number of hydrogen-bond donors (Lipinski definition) is 1. The monoisotopic (exact) mass is 353 g/mol. The van der Waals surface area contributed by atoms with E-state index in [4.69, 9.17) is 4.52 Å². The lowest BCUT2D eigenvalue weighted by Gasteiger charge is -2.04. The summed E-state index contributed by atoms with van der Waals surface area (Å²) in [5.74, 6) is 0.750. The molecule has 4 nitrogen and oxygen atoms in total. The molecule has 22 heavy (non-hydrogen) atoms. The third kappa shape index (κ3) is 2.05. The molecular weight excluding hydrogens is 342 g/mol. The van der Waals surface area contributed by atoms with E-state index in [9.17, 15) is 0 Å². The summed E-state index contributed by atoms with van der Waals surface area (Å²) in [7, 11) is 0. The quantitative estimate of drug-likeness (QED) is 0.554. The molecule has 108 valence electrons. The van der Waals surface area contributed by atoms with Crippen molar-refractivity contribution >= 4 is 27.0 Å². The number of halogens is 1. The lowest BCUT2D eigenvalue weighted by atomic mass is 9.99. The molecule has 1 aromatic carbocycles. The van der Waals surface area contributed by atoms with E-state index in [1.54, 1.807) is 12.4 Å². The zero-order chi connectivity index (χ0) is 15.1. The molecule has 0 aliphatic heterocycles. The van der Waals surface area contributed by atoms with E-state index in [0.717, 1.165) is 38.0 Å². The minimum absolute atomic E-state index is 0.750. The molecule has 0 saturated heterocycles. The third-order valence-corrected chi connectivity index (χ3v) is 4.18. The molecule has 0 fully saturated rings. The molecule has 0 amide bonds. The van der Waals surface area contributed by atoms with Crippen LogP contribution in [0.2, 0.25) is 0 Å². The number of aryl methyl sites for hydroxylation is 1. The molecule has 4 aromatic rings. The average Bonchev–Trinajstić information content (AvgIpc) is 3.13. The van der Waals surface area contributed by atoms with Gasteiger partial charge in [-0.2, -0.15) is 0 Å². The normalized spacial score (nSPS) is 11.2. The Balaban J connectivity index is 1.96. The van der Waals surface area contributed by atoms with Gasteiger partial charge in [0, 0.05) is 33.4 Å². The van der Waals surface area contributed by atoms with Gasteiger partial charge < -0.3 is 9.51 Å². The van der Waals surface area contributed by atoms with Crippen molar-refractivity contribution in [3.8, 4) is 22.5 Å². The van der Waals surface area contributed by atoms with Crippen LogP contribution in [0.1, 0.15) is 5.56 Å². The van der Waals surface area contributed by atoms with Gasteiger partial charge in [-0.05, 0) is 40.0 Å². The van der Waals surface area contributed by atoms with Gasteiger partial charge in [-0.1, -0.05) is 29.4 Å². The maximum Gasteiger partial charge on any atom is 0.176 e. The lowest BCUT2D eigenvalue weighted by molar-refractivity contribution is 0.433. The van der Waals surface area contributed by atoms with E-state index < -0.39 is 0 Å². The standard InChI is InChI=1S/C17H12BrN3O/c1-10-4-2-3-5-12(10)15-9-21-22-16(15)14-8-20-17-13(14)6-11(18)7-19-17/h2-9H,1H3,(H,19,20). The van der Waals surface area contributed by atoms with Gasteiger partial charge in [0.25, 0.3) is 0 Å². The zero-order valence-electron chi connectivity index (χ0n) is 11.8. The molecule has 0 saturated carbocycles. The number of H-pyrrole nitrogens is 1.